The van der Waals surface area contributed by atoms with Crippen LogP contribution in [-0.4, -0.2) is 30.0 Å². The normalized spacial score (nSPS) is 11.8. The molecular weight excluding hydrogens is 569 g/mol. The lowest BCUT2D eigenvalue weighted by atomic mass is 9.97. The number of aromatic nitrogens is 2. The van der Waals surface area contributed by atoms with Gasteiger partial charge in [-0.25, -0.2) is 4.98 Å². The molecule has 0 spiro atoms. The summed E-state index contributed by atoms with van der Waals surface area (Å²) in [6.45, 7) is 7.84. The van der Waals surface area contributed by atoms with Crippen LogP contribution in [0.3, 0.4) is 0 Å². The molecule has 5 rings (SSSR count). The van der Waals surface area contributed by atoms with Gasteiger partial charge in [-0.15, -0.1) is 0 Å². The number of halogens is 2. The predicted octanol–water partition coefficient (Wildman–Crippen LogP) is 7.71. The molecule has 0 saturated carbocycles. The van der Waals surface area contributed by atoms with E-state index in [-0.39, 0.29) is 5.78 Å². The van der Waals surface area contributed by atoms with Gasteiger partial charge in [-0.1, -0.05) is 35.3 Å². The smallest absolute Gasteiger partial charge is 0.215 e. The number of nitrogens with zero attached hydrogens (tertiary/aromatic N) is 3. The Bertz CT molecular complexity index is 1710. The number of pyridine rings is 2. The first-order valence-corrected chi connectivity index (χ1v) is 14.4. The van der Waals surface area contributed by atoms with Crippen molar-refractivity contribution in [3.05, 3.63) is 114 Å². The summed E-state index contributed by atoms with van der Waals surface area (Å²) in [5.74, 6) is 1.28. The number of ketones is 1. The molecule has 2 aromatic carbocycles. The van der Waals surface area contributed by atoms with Crippen LogP contribution in [-0.2, 0) is 25.7 Å². The third kappa shape index (κ3) is 6.59. The Hall–Kier alpha value is -3.92. The second kappa shape index (κ2) is 13.4. The van der Waals surface area contributed by atoms with Crippen molar-refractivity contribution in [2.24, 2.45) is 0 Å². The molecule has 0 saturated heterocycles. The van der Waals surface area contributed by atoms with E-state index in [1.165, 1.54) is 0 Å². The zero-order chi connectivity index (χ0) is 30.6. The number of benzene rings is 2. The van der Waals surface area contributed by atoms with Gasteiger partial charge >= 0.3 is 0 Å². The first-order chi connectivity index (χ1) is 20.1. The van der Waals surface area contributed by atoms with E-state index < -0.39 is 0 Å². The van der Waals surface area contributed by atoms with E-state index >= 15 is 0 Å². The third-order valence-corrected chi connectivity index (χ3v) is 8.40. The summed E-state index contributed by atoms with van der Waals surface area (Å²) < 4.78 is 10.7. The lowest BCUT2D eigenvalue weighted by Crippen LogP contribution is -2.09. The number of fused-ring (bicyclic) bond motifs is 2. The van der Waals surface area contributed by atoms with Crippen LogP contribution >= 0.6 is 23.2 Å². The van der Waals surface area contributed by atoms with E-state index in [9.17, 15) is 4.79 Å². The number of hydrogen-bond donors (Lipinski definition) is 0. The fourth-order valence-corrected chi connectivity index (χ4v) is 5.62. The van der Waals surface area contributed by atoms with E-state index in [0.717, 1.165) is 81.0 Å². The molecule has 42 heavy (non-hydrogen) atoms. The van der Waals surface area contributed by atoms with Gasteiger partial charge < -0.3 is 9.47 Å². The van der Waals surface area contributed by atoms with E-state index in [1.807, 2.05) is 58.0 Å². The maximum atomic E-state index is 12.9. The quantitative estimate of drug-likeness (QED) is 0.233. The van der Waals surface area contributed by atoms with Crippen molar-refractivity contribution in [2.45, 2.75) is 53.4 Å². The molecule has 1 aliphatic carbocycles. The molecule has 0 radical (unpaired) electrons. The highest BCUT2D eigenvalue weighted by molar-refractivity contribution is 6.33. The average molecular weight is 603 g/mol. The number of hydrogen-bond acceptors (Lipinski definition) is 6. The number of ether oxygens (including phenoxy) is 2. The van der Waals surface area contributed by atoms with E-state index in [2.05, 4.69) is 16.0 Å². The SMILES string of the molecule is COc1cc(C)c(Cl)c(CCc2cc(C)cnc2C#N)c1.COc1cc(C)c(Cl)c2c1C(=O)c1ncc(C)cc1CC2. The monoisotopic (exact) mass is 601 g/mol. The Balaban J connectivity index is 0.000000193. The second-order valence-corrected chi connectivity index (χ2v) is 11.2. The van der Waals surface area contributed by atoms with Gasteiger partial charge in [-0.3, -0.25) is 9.78 Å². The molecule has 0 bridgehead atoms. The van der Waals surface area contributed by atoms with Gasteiger partial charge in [-0.05, 0) is 116 Å². The van der Waals surface area contributed by atoms with Crippen molar-refractivity contribution in [1.82, 2.24) is 9.97 Å². The van der Waals surface area contributed by atoms with Crippen molar-refractivity contribution >= 4 is 29.0 Å². The minimum Gasteiger partial charge on any atom is -0.497 e. The Morgan fingerprint density at radius 2 is 1.50 bits per heavy atom. The van der Waals surface area contributed by atoms with Gasteiger partial charge in [0.05, 0.1) is 19.8 Å². The largest absolute Gasteiger partial charge is 0.497 e. The number of aryl methyl sites for hydroxylation is 7. The van der Waals surface area contributed by atoms with Crippen molar-refractivity contribution in [3.63, 3.8) is 0 Å². The molecule has 4 aromatic rings. The van der Waals surface area contributed by atoms with Crippen molar-refractivity contribution < 1.29 is 14.3 Å². The highest BCUT2D eigenvalue weighted by Gasteiger charge is 2.28. The Morgan fingerprint density at radius 1 is 0.833 bits per heavy atom. The molecule has 0 fully saturated rings. The minimum absolute atomic E-state index is 0.101. The summed E-state index contributed by atoms with van der Waals surface area (Å²) in [5, 5.41) is 10.5. The van der Waals surface area contributed by atoms with Gasteiger partial charge in [-0.2, -0.15) is 5.26 Å². The minimum atomic E-state index is -0.101. The molecule has 0 N–H and O–H groups in total. The lowest BCUT2D eigenvalue weighted by Gasteiger charge is -2.14. The van der Waals surface area contributed by atoms with Crippen molar-refractivity contribution in [1.29, 1.82) is 5.26 Å². The Labute approximate surface area is 257 Å². The highest BCUT2D eigenvalue weighted by atomic mass is 35.5. The summed E-state index contributed by atoms with van der Waals surface area (Å²) in [6, 6.07) is 11.9. The van der Waals surface area contributed by atoms with E-state index in [4.69, 9.17) is 37.9 Å². The number of carbonyl (C=O) groups is 1. The molecule has 0 atom stereocenters. The zero-order valence-corrected chi connectivity index (χ0v) is 26.2. The van der Waals surface area contributed by atoms with E-state index in [0.29, 0.717) is 27.7 Å². The molecule has 6 nitrogen and oxygen atoms in total. The highest BCUT2D eigenvalue weighted by Crippen LogP contribution is 2.37. The predicted molar refractivity (Wildman–Crippen MR) is 166 cm³/mol. The van der Waals surface area contributed by atoms with Gasteiger partial charge in [0.15, 0.2) is 0 Å². The molecular formula is C34H33Cl2N3O3. The number of nitriles is 1. The summed E-state index contributed by atoms with van der Waals surface area (Å²) >= 11 is 12.8. The van der Waals surface area contributed by atoms with Crippen LogP contribution < -0.4 is 9.47 Å². The molecule has 2 heterocycles. The van der Waals surface area contributed by atoms with Crippen LogP contribution in [0.15, 0.2) is 42.7 Å². The molecule has 8 heteroatoms. The van der Waals surface area contributed by atoms with Crippen LogP contribution in [0.25, 0.3) is 0 Å². The third-order valence-electron chi connectivity index (χ3n) is 7.33. The molecule has 1 aliphatic rings. The van der Waals surface area contributed by atoms with Crippen LogP contribution in [0.1, 0.15) is 66.3 Å². The summed E-state index contributed by atoms with van der Waals surface area (Å²) in [5.41, 5.74) is 9.41. The Kier molecular flexibility index (Phi) is 9.88. The summed E-state index contributed by atoms with van der Waals surface area (Å²) in [6.07, 6.45) is 6.39. The van der Waals surface area contributed by atoms with Gasteiger partial charge in [0.2, 0.25) is 5.78 Å². The average Bonchev–Trinajstić information content (AvgIpc) is 3.12. The first kappa shape index (κ1) is 31.0. The van der Waals surface area contributed by atoms with E-state index in [1.54, 1.807) is 26.6 Å². The lowest BCUT2D eigenvalue weighted by molar-refractivity contribution is 0.103. The topological polar surface area (TPSA) is 85.1 Å². The first-order valence-electron chi connectivity index (χ1n) is 13.6. The Morgan fingerprint density at radius 3 is 2.19 bits per heavy atom. The number of methoxy groups -OCH3 is 2. The number of rotatable bonds is 5. The van der Waals surface area contributed by atoms with Crippen molar-refractivity contribution in [2.75, 3.05) is 14.2 Å². The van der Waals surface area contributed by atoms with Crippen LogP contribution in [0.5, 0.6) is 11.5 Å². The summed E-state index contributed by atoms with van der Waals surface area (Å²) in [7, 11) is 3.22. The fourth-order valence-electron chi connectivity index (χ4n) is 5.17. The maximum absolute atomic E-state index is 12.9. The second-order valence-electron chi connectivity index (χ2n) is 10.5. The zero-order valence-electron chi connectivity index (χ0n) is 24.7. The number of carbonyl (C=O) groups excluding carboxylic acids is 1. The molecule has 2 aromatic heterocycles. The van der Waals surface area contributed by atoms with Gasteiger partial charge in [0.25, 0.3) is 0 Å². The summed E-state index contributed by atoms with van der Waals surface area (Å²) in [4.78, 5) is 21.4. The van der Waals surface area contributed by atoms with Crippen LogP contribution in [0.2, 0.25) is 10.0 Å². The fraction of sp³-hybridized carbons (Fsp3) is 0.294. The van der Waals surface area contributed by atoms with Gasteiger partial charge in [0, 0.05) is 22.4 Å². The molecule has 0 aliphatic heterocycles. The molecule has 0 unspecified atom stereocenters. The molecule has 0 amide bonds. The van der Waals surface area contributed by atoms with Crippen LogP contribution in [0.4, 0.5) is 0 Å². The van der Waals surface area contributed by atoms with Crippen LogP contribution in [0, 0.1) is 39.0 Å². The van der Waals surface area contributed by atoms with Gasteiger partial charge in [0.1, 0.15) is 29.0 Å². The molecule has 216 valence electrons. The maximum Gasteiger partial charge on any atom is 0.215 e. The standard InChI is InChI=1S/C17H17ClN2O.C17H16ClNO2/c1-11-6-13(16(9-19)20-10-11)4-5-14-8-15(21-3)7-12(2)17(14)18;1-9-6-11-4-5-12-14(17(20)16(11)19-8-9)13(21-3)7-10(2)15(12)18/h6-8,10H,4-5H2,1-3H3;6-8H,4-5H2,1-3H3. The van der Waals surface area contributed by atoms with Crippen molar-refractivity contribution in [3.8, 4) is 17.6 Å².